The Kier molecular flexibility index (Phi) is 6.34. The molecular formula is C21H24N4O2S2. The molecule has 152 valence electrons. The number of ether oxygens (including phenoxy) is 1. The number of esters is 1. The van der Waals surface area contributed by atoms with Crippen molar-refractivity contribution in [3.05, 3.63) is 58.2 Å². The quantitative estimate of drug-likeness (QED) is 0.457. The SMILES string of the molecule is COC(=O)c1c(NC(=S)NC(C)c2cnn(C)c2C)sc(C)c1-c1ccccc1. The molecule has 2 N–H and O–H groups in total. The van der Waals surface area contributed by atoms with Gasteiger partial charge in [0.1, 0.15) is 10.6 Å². The van der Waals surface area contributed by atoms with Gasteiger partial charge in [-0.1, -0.05) is 30.3 Å². The predicted molar refractivity (Wildman–Crippen MR) is 122 cm³/mol. The molecule has 0 radical (unpaired) electrons. The molecule has 2 heterocycles. The van der Waals surface area contributed by atoms with Crippen molar-refractivity contribution in [3.63, 3.8) is 0 Å². The van der Waals surface area contributed by atoms with Gasteiger partial charge in [0.2, 0.25) is 0 Å². The number of carbonyl (C=O) groups excluding carboxylic acids is 1. The van der Waals surface area contributed by atoms with Crippen LogP contribution in [0.25, 0.3) is 11.1 Å². The third kappa shape index (κ3) is 4.33. The fraction of sp³-hybridized carbons (Fsp3) is 0.286. The minimum atomic E-state index is -0.394. The maximum absolute atomic E-state index is 12.6. The number of thiophene rings is 1. The van der Waals surface area contributed by atoms with Gasteiger partial charge in [-0.15, -0.1) is 11.3 Å². The molecule has 0 aliphatic rings. The van der Waals surface area contributed by atoms with Crippen molar-refractivity contribution in [2.45, 2.75) is 26.8 Å². The average molecular weight is 429 g/mol. The molecule has 0 aliphatic carbocycles. The molecule has 0 saturated carbocycles. The van der Waals surface area contributed by atoms with Gasteiger partial charge in [0.05, 0.1) is 19.3 Å². The van der Waals surface area contributed by atoms with Crippen LogP contribution < -0.4 is 10.6 Å². The number of carbonyl (C=O) groups is 1. The van der Waals surface area contributed by atoms with E-state index in [0.29, 0.717) is 15.7 Å². The van der Waals surface area contributed by atoms with Gasteiger partial charge >= 0.3 is 5.97 Å². The summed E-state index contributed by atoms with van der Waals surface area (Å²) in [5.41, 5.74) is 4.46. The van der Waals surface area contributed by atoms with Crippen LogP contribution in [-0.2, 0) is 11.8 Å². The van der Waals surface area contributed by atoms with Gasteiger partial charge in [0.15, 0.2) is 5.11 Å². The van der Waals surface area contributed by atoms with Crippen molar-refractivity contribution in [2.24, 2.45) is 7.05 Å². The summed E-state index contributed by atoms with van der Waals surface area (Å²) in [6, 6.07) is 9.78. The van der Waals surface area contributed by atoms with Crippen LogP contribution in [0.1, 0.15) is 39.5 Å². The van der Waals surface area contributed by atoms with E-state index in [-0.39, 0.29) is 6.04 Å². The lowest BCUT2D eigenvalue weighted by molar-refractivity contribution is 0.0603. The molecule has 1 unspecified atom stereocenters. The Labute approximate surface area is 179 Å². The highest BCUT2D eigenvalue weighted by Crippen LogP contribution is 2.40. The van der Waals surface area contributed by atoms with Crippen LogP contribution in [0.15, 0.2) is 36.5 Å². The van der Waals surface area contributed by atoms with Crippen LogP contribution in [0.4, 0.5) is 5.00 Å². The zero-order chi connectivity index (χ0) is 21.1. The number of nitrogens with zero attached hydrogens (tertiary/aromatic N) is 2. The van der Waals surface area contributed by atoms with Crippen LogP contribution in [0.3, 0.4) is 0 Å². The Morgan fingerprint density at radius 1 is 1.28 bits per heavy atom. The summed E-state index contributed by atoms with van der Waals surface area (Å²) in [4.78, 5) is 13.6. The first-order valence-electron chi connectivity index (χ1n) is 9.16. The Bertz CT molecular complexity index is 1040. The van der Waals surface area contributed by atoms with Crippen molar-refractivity contribution in [1.82, 2.24) is 15.1 Å². The van der Waals surface area contributed by atoms with Gasteiger partial charge in [-0.2, -0.15) is 5.10 Å². The number of anilines is 1. The summed E-state index contributed by atoms with van der Waals surface area (Å²) < 4.78 is 6.88. The van der Waals surface area contributed by atoms with Crippen molar-refractivity contribution in [3.8, 4) is 11.1 Å². The lowest BCUT2D eigenvalue weighted by atomic mass is 10.0. The van der Waals surface area contributed by atoms with E-state index in [2.05, 4.69) is 15.7 Å². The van der Waals surface area contributed by atoms with E-state index in [1.165, 1.54) is 18.4 Å². The molecule has 29 heavy (non-hydrogen) atoms. The number of methoxy groups -OCH3 is 1. The summed E-state index contributed by atoms with van der Waals surface area (Å²) in [7, 11) is 3.29. The van der Waals surface area contributed by atoms with Crippen LogP contribution in [0.5, 0.6) is 0 Å². The third-order valence-electron chi connectivity index (χ3n) is 4.85. The number of aryl methyl sites for hydroxylation is 2. The molecule has 1 aromatic carbocycles. The van der Waals surface area contributed by atoms with Gasteiger partial charge in [0, 0.05) is 28.7 Å². The summed E-state index contributed by atoms with van der Waals surface area (Å²) in [5, 5.41) is 11.9. The van der Waals surface area contributed by atoms with Gasteiger partial charge in [0.25, 0.3) is 0 Å². The average Bonchev–Trinajstić information content (AvgIpc) is 3.20. The number of hydrogen-bond acceptors (Lipinski definition) is 5. The molecule has 0 saturated heterocycles. The van der Waals surface area contributed by atoms with E-state index in [4.69, 9.17) is 17.0 Å². The van der Waals surface area contributed by atoms with E-state index in [9.17, 15) is 4.79 Å². The minimum Gasteiger partial charge on any atom is -0.465 e. The third-order valence-corrected chi connectivity index (χ3v) is 6.09. The van der Waals surface area contributed by atoms with Gasteiger partial charge in [-0.25, -0.2) is 4.79 Å². The van der Waals surface area contributed by atoms with E-state index in [1.807, 2.05) is 69.0 Å². The maximum atomic E-state index is 12.6. The number of benzene rings is 1. The monoisotopic (exact) mass is 428 g/mol. The first-order chi connectivity index (χ1) is 13.8. The molecule has 2 aromatic heterocycles. The highest BCUT2D eigenvalue weighted by molar-refractivity contribution is 7.80. The molecule has 3 rings (SSSR count). The molecule has 3 aromatic rings. The Morgan fingerprint density at radius 3 is 2.55 bits per heavy atom. The van der Waals surface area contributed by atoms with Gasteiger partial charge < -0.3 is 15.4 Å². The van der Waals surface area contributed by atoms with E-state index >= 15 is 0 Å². The molecule has 1 atom stereocenters. The highest BCUT2D eigenvalue weighted by Gasteiger charge is 2.25. The molecule has 6 nitrogen and oxygen atoms in total. The van der Waals surface area contributed by atoms with Crippen molar-refractivity contribution < 1.29 is 9.53 Å². The van der Waals surface area contributed by atoms with Crippen molar-refractivity contribution in [2.75, 3.05) is 12.4 Å². The number of rotatable bonds is 5. The lowest BCUT2D eigenvalue weighted by Crippen LogP contribution is -2.31. The van der Waals surface area contributed by atoms with Crippen LogP contribution in [0, 0.1) is 13.8 Å². The molecule has 0 amide bonds. The lowest BCUT2D eigenvalue weighted by Gasteiger charge is -2.17. The minimum absolute atomic E-state index is 0.0278. The second kappa shape index (κ2) is 8.75. The summed E-state index contributed by atoms with van der Waals surface area (Å²) >= 11 is 7.00. The topological polar surface area (TPSA) is 68.2 Å². The van der Waals surface area contributed by atoms with Crippen LogP contribution in [0.2, 0.25) is 0 Å². The molecular weight excluding hydrogens is 404 g/mol. The molecule has 0 bridgehead atoms. The normalized spacial score (nSPS) is 11.8. The number of aromatic nitrogens is 2. The maximum Gasteiger partial charge on any atom is 0.341 e. The smallest absolute Gasteiger partial charge is 0.341 e. The standard InChI is InChI=1S/C21H24N4O2S2/c1-12(16-11-22-25(4)13(16)2)23-21(28)24-19-18(20(26)27-5)17(14(3)29-19)15-9-7-6-8-10-15/h6-12H,1-5H3,(H2,23,24,28). The Hall–Kier alpha value is -2.71. The van der Waals surface area contributed by atoms with Crippen LogP contribution >= 0.6 is 23.6 Å². The Morgan fingerprint density at radius 2 is 1.97 bits per heavy atom. The fourth-order valence-corrected chi connectivity index (χ4v) is 4.65. The highest BCUT2D eigenvalue weighted by atomic mass is 32.1. The first kappa shape index (κ1) is 21.0. The molecule has 0 spiro atoms. The van der Waals surface area contributed by atoms with Crippen LogP contribution in [-0.4, -0.2) is 28.0 Å². The largest absolute Gasteiger partial charge is 0.465 e. The second-order valence-corrected chi connectivity index (χ2v) is 8.36. The molecule has 8 heteroatoms. The predicted octanol–water partition coefficient (Wildman–Crippen LogP) is 4.60. The summed E-state index contributed by atoms with van der Waals surface area (Å²) in [6.45, 7) is 6.03. The van der Waals surface area contributed by atoms with E-state index in [0.717, 1.165) is 27.3 Å². The Balaban J connectivity index is 1.88. The first-order valence-corrected chi connectivity index (χ1v) is 10.4. The number of hydrogen-bond donors (Lipinski definition) is 2. The van der Waals surface area contributed by atoms with Gasteiger partial charge in [-0.3, -0.25) is 4.68 Å². The summed E-state index contributed by atoms with van der Waals surface area (Å²) in [6.07, 6.45) is 1.83. The summed E-state index contributed by atoms with van der Waals surface area (Å²) in [5.74, 6) is -0.394. The molecule has 0 aliphatic heterocycles. The zero-order valence-electron chi connectivity index (χ0n) is 17.1. The van der Waals surface area contributed by atoms with Crippen molar-refractivity contribution in [1.29, 1.82) is 0 Å². The molecule has 0 fully saturated rings. The second-order valence-electron chi connectivity index (χ2n) is 6.72. The van der Waals surface area contributed by atoms with E-state index < -0.39 is 5.97 Å². The number of thiocarbonyl (C=S) groups is 1. The number of nitrogens with one attached hydrogen (secondary N) is 2. The fourth-order valence-electron chi connectivity index (χ4n) is 3.24. The van der Waals surface area contributed by atoms with Gasteiger partial charge in [-0.05, 0) is 38.6 Å². The van der Waals surface area contributed by atoms with Crippen molar-refractivity contribution >= 4 is 39.6 Å². The zero-order valence-corrected chi connectivity index (χ0v) is 18.7. The van der Waals surface area contributed by atoms with E-state index in [1.54, 1.807) is 0 Å².